The molecule has 2 atom stereocenters. The van der Waals surface area contributed by atoms with E-state index in [1.165, 1.54) is 7.05 Å². The molecule has 2 aromatic rings. The SMILES string of the molecule is CNC(=O)[C@@H](N)Cc1ccc(C(C=O)(C(=O)O)c2ccccc2)cc1. The zero-order valence-corrected chi connectivity index (χ0v) is 13.8. The van der Waals surface area contributed by atoms with E-state index in [0.29, 0.717) is 23.8 Å². The smallest absolute Gasteiger partial charge is 0.326 e. The predicted molar refractivity (Wildman–Crippen MR) is 93.1 cm³/mol. The zero-order valence-electron chi connectivity index (χ0n) is 13.8. The fraction of sp³-hybridized carbons (Fsp3) is 0.211. The molecule has 130 valence electrons. The molecule has 0 aliphatic carbocycles. The topological polar surface area (TPSA) is 109 Å². The van der Waals surface area contributed by atoms with Gasteiger partial charge in [-0.05, 0) is 23.1 Å². The summed E-state index contributed by atoms with van der Waals surface area (Å²) in [5.74, 6) is -1.52. The molecule has 6 heteroatoms. The minimum atomic E-state index is -1.78. The van der Waals surface area contributed by atoms with Gasteiger partial charge in [0.05, 0.1) is 6.04 Å². The number of nitrogens with two attached hydrogens (primary N) is 1. The number of carboxylic acids is 1. The summed E-state index contributed by atoms with van der Waals surface area (Å²) in [5.41, 5.74) is 5.52. The van der Waals surface area contributed by atoms with Gasteiger partial charge in [-0.2, -0.15) is 0 Å². The summed E-state index contributed by atoms with van der Waals surface area (Å²) >= 11 is 0. The minimum Gasteiger partial charge on any atom is -0.480 e. The van der Waals surface area contributed by atoms with E-state index in [1.54, 1.807) is 54.6 Å². The third-order valence-electron chi connectivity index (χ3n) is 4.19. The van der Waals surface area contributed by atoms with Crippen LogP contribution in [0.5, 0.6) is 0 Å². The summed E-state index contributed by atoms with van der Waals surface area (Å²) in [6.45, 7) is 0. The van der Waals surface area contributed by atoms with Gasteiger partial charge < -0.3 is 21.0 Å². The number of carbonyl (C=O) groups excluding carboxylic acids is 2. The van der Waals surface area contributed by atoms with Crippen molar-refractivity contribution in [3.63, 3.8) is 0 Å². The summed E-state index contributed by atoms with van der Waals surface area (Å²) in [6, 6.07) is 14.2. The van der Waals surface area contributed by atoms with E-state index in [1.807, 2.05) is 0 Å². The van der Waals surface area contributed by atoms with Crippen LogP contribution in [0, 0.1) is 0 Å². The molecular weight excluding hydrogens is 320 g/mol. The molecule has 0 aliphatic rings. The Morgan fingerprint density at radius 3 is 2.16 bits per heavy atom. The van der Waals surface area contributed by atoms with Gasteiger partial charge in [-0.25, -0.2) is 0 Å². The molecule has 6 nitrogen and oxygen atoms in total. The standard InChI is InChI=1S/C19H20N2O4/c1-21-17(23)16(20)11-13-7-9-15(10-8-13)19(12-22,18(24)25)14-5-3-2-4-6-14/h2-10,12,16H,11,20H2,1H3,(H,21,23)(H,24,25)/t16-,19?/m0/s1. The molecule has 0 aromatic heterocycles. The van der Waals surface area contributed by atoms with Crippen molar-refractivity contribution >= 4 is 18.2 Å². The lowest BCUT2D eigenvalue weighted by Crippen LogP contribution is -2.40. The lowest BCUT2D eigenvalue weighted by molar-refractivity contribution is -0.144. The lowest BCUT2D eigenvalue weighted by Gasteiger charge is -2.24. The van der Waals surface area contributed by atoms with Crippen LogP contribution >= 0.6 is 0 Å². The molecule has 0 aliphatic heterocycles. The van der Waals surface area contributed by atoms with Gasteiger partial charge in [-0.15, -0.1) is 0 Å². The van der Waals surface area contributed by atoms with Crippen LogP contribution in [0.15, 0.2) is 54.6 Å². The number of amides is 1. The molecule has 0 saturated heterocycles. The second-order valence-corrected chi connectivity index (χ2v) is 5.72. The summed E-state index contributed by atoms with van der Waals surface area (Å²) < 4.78 is 0. The van der Waals surface area contributed by atoms with Crippen LogP contribution in [0.1, 0.15) is 16.7 Å². The molecule has 0 bridgehead atoms. The van der Waals surface area contributed by atoms with Crippen LogP contribution in [0.25, 0.3) is 0 Å². The highest BCUT2D eigenvalue weighted by Gasteiger charge is 2.42. The Bertz CT molecular complexity index is 759. The number of rotatable bonds is 7. The third kappa shape index (κ3) is 3.59. The number of likely N-dealkylation sites (N-methyl/N-ethyl adjacent to an activating group) is 1. The number of nitrogens with one attached hydrogen (secondary N) is 1. The van der Waals surface area contributed by atoms with Gasteiger partial charge in [0, 0.05) is 7.05 Å². The van der Waals surface area contributed by atoms with Gasteiger partial charge in [0.15, 0.2) is 5.41 Å². The second kappa shape index (κ2) is 7.72. The largest absolute Gasteiger partial charge is 0.480 e. The van der Waals surface area contributed by atoms with Crippen molar-refractivity contribution in [2.45, 2.75) is 17.9 Å². The van der Waals surface area contributed by atoms with Gasteiger partial charge in [0.1, 0.15) is 6.29 Å². The molecule has 0 fully saturated rings. The molecule has 4 N–H and O–H groups in total. The molecule has 2 aromatic carbocycles. The van der Waals surface area contributed by atoms with Crippen molar-refractivity contribution in [3.05, 3.63) is 71.3 Å². The van der Waals surface area contributed by atoms with E-state index in [9.17, 15) is 19.5 Å². The van der Waals surface area contributed by atoms with Crippen LogP contribution in [0.4, 0.5) is 0 Å². The summed E-state index contributed by atoms with van der Waals surface area (Å²) in [6.07, 6.45) is 0.752. The number of carbonyl (C=O) groups is 3. The average molecular weight is 340 g/mol. The first kappa shape index (κ1) is 18.4. The van der Waals surface area contributed by atoms with Crippen molar-refractivity contribution in [1.82, 2.24) is 5.32 Å². The van der Waals surface area contributed by atoms with Crippen LogP contribution in [0.3, 0.4) is 0 Å². The molecule has 25 heavy (non-hydrogen) atoms. The number of aldehydes is 1. The van der Waals surface area contributed by atoms with Gasteiger partial charge in [0.25, 0.3) is 0 Å². The first-order valence-electron chi connectivity index (χ1n) is 7.77. The van der Waals surface area contributed by atoms with E-state index >= 15 is 0 Å². The van der Waals surface area contributed by atoms with E-state index in [4.69, 9.17) is 5.73 Å². The summed E-state index contributed by atoms with van der Waals surface area (Å²) in [7, 11) is 1.51. The number of carboxylic acid groups (broad SMARTS) is 1. The molecule has 0 spiro atoms. The molecular formula is C19H20N2O4. The summed E-state index contributed by atoms with van der Waals surface area (Å²) in [4.78, 5) is 35.2. The first-order valence-corrected chi connectivity index (χ1v) is 7.77. The van der Waals surface area contributed by atoms with E-state index < -0.39 is 17.4 Å². The molecule has 2 rings (SSSR count). The molecule has 1 unspecified atom stereocenters. The number of hydrogen-bond donors (Lipinski definition) is 3. The Kier molecular flexibility index (Phi) is 5.67. The van der Waals surface area contributed by atoms with Gasteiger partial charge in [0.2, 0.25) is 5.91 Å². The van der Waals surface area contributed by atoms with Crippen molar-refractivity contribution in [2.24, 2.45) is 5.73 Å². The van der Waals surface area contributed by atoms with Crippen molar-refractivity contribution < 1.29 is 19.5 Å². The van der Waals surface area contributed by atoms with Gasteiger partial charge in [-0.1, -0.05) is 54.6 Å². The van der Waals surface area contributed by atoms with Crippen LogP contribution in [0.2, 0.25) is 0 Å². The van der Waals surface area contributed by atoms with Crippen molar-refractivity contribution in [1.29, 1.82) is 0 Å². The van der Waals surface area contributed by atoms with E-state index in [2.05, 4.69) is 5.32 Å². The highest BCUT2D eigenvalue weighted by Crippen LogP contribution is 2.31. The molecule has 0 radical (unpaired) electrons. The Labute approximate surface area is 145 Å². The maximum atomic E-state index is 11.9. The number of hydrogen-bond acceptors (Lipinski definition) is 4. The Morgan fingerprint density at radius 2 is 1.68 bits per heavy atom. The predicted octanol–water partition coefficient (Wildman–Crippen LogP) is 0.872. The molecule has 1 amide bonds. The first-order chi connectivity index (χ1) is 12.0. The summed E-state index contributed by atoms with van der Waals surface area (Å²) in [5, 5.41) is 12.2. The van der Waals surface area contributed by atoms with Crippen molar-refractivity contribution in [2.75, 3.05) is 7.05 Å². The maximum absolute atomic E-state index is 11.9. The molecule has 0 saturated carbocycles. The Morgan fingerprint density at radius 1 is 1.12 bits per heavy atom. The monoisotopic (exact) mass is 340 g/mol. The number of benzene rings is 2. The van der Waals surface area contributed by atoms with Crippen LogP contribution in [-0.2, 0) is 26.2 Å². The van der Waals surface area contributed by atoms with Crippen LogP contribution < -0.4 is 11.1 Å². The van der Waals surface area contributed by atoms with E-state index in [0.717, 1.165) is 5.56 Å². The van der Waals surface area contributed by atoms with Gasteiger partial charge in [-0.3, -0.25) is 9.59 Å². The second-order valence-electron chi connectivity index (χ2n) is 5.72. The lowest BCUT2D eigenvalue weighted by atomic mass is 9.75. The maximum Gasteiger partial charge on any atom is 0.326 e. The highest BCUT2D eigenvalue weighted by atomic mass is 16.4. The quantitative estimate of drug-likeness (QED) is 0.512. The Hall–Kier alpha value is -2.99. The fourth-order valence-corrected chi connectivity index (χ4v) is 2.74. The van der Waals surface area contributed by atoms with Gasteiger partial charge >= 0.3 is 5.97 Å². The van der Waals surface area contributed by atoms with Crippen molar-refractivity contribution in [3.8, 4) is 0 Å². The normalized spacial score (nSPS) is 14.2. The van der Waals surface area contributed by atoms with Crippen LogP contribution in [-0.4, -0.2) is 36.4 Å². The average Bonchev–Trinajstić information content (AvgIpc) is 2.64. The fourth-order valence-electron chi connectivity index (χ4n) is 2.74. The van der Waals surface area contributed by atoms with E-state index in [-0.39, 0.29) is 5.91 Å². The third-order valence-corrected chi connectivity index (χ3v) is 4.19. The highest BCUT2D eigenvalue weighted by molar-refractivity contribution is 6.03. The minimum absolute atomic E-state index is 0.277. The molecule has 0 heterocycles. The Balaban J connectivity index is 2.39. The zero-order chi connectivity index (χ0) is 18.4. The number of aliphatic carboxylic acids is 1.